The fraction of sp³-hybridized carbons (Fsp3) is 0.800. The third kappa shape index (κ3) is 1.74. The molecule has 0 bridgehead atoms. The highest BCUT2D eigenvalue weighted by Crippen LogP contribution is 2.40. The second-order valence-corrected chi connectivity index (χ2v) is 4.53. The van der Waals surface area contributed by atoms with E-state index in [1.54, 1.807) is 4.90 Å². The largest absolute Gasteiger partial charge is 0.481 e. The van der Waals surface area contributed by atoms with E-state index in [4.69, 9.17) is 5.11 Å². The molecule has 1 N–H and O–H groups in total. The molecule has 0 aromatic carbocycles. The molecular weight excluding hydrogens is 182 g/mol. The first kappa shape index (κ1) is 9.49. The van der Waals surface area contributed by atoms with Crippen LogP contribution in [-0.2, 0) is 9.59 Å². The van der Waals surface area contributed by atoms with Gasteiger partial charge >= 0.3 is 5.97 Å². The molecule has 1 saturated heterocycles. The van der Waals surface area contributed by atoms with E-state index in [0.717, 1.165) is 6.42 Å². The van der Waals surface area contributed by atoms with Crippen molar-refractivity contribution in [1.29, 1.82) is 0 Å². The zero-order valence-electron chi connectivity index (χ0n) is 8.27. The zero-order chi connectivity index (χ0) is 10.3. The molecular formula is C10H15NO3. The predicted molar refractivity (Wildman–Crippen MR) is 49.6 cm³/mol. The third-order valence-electron chi connectivity index (χ3n) is 3.16. The SMILES string of the molecule is CC1CC1C(=O)N1CC(CC(=O)O)C1. The van der Waals surface area contributed by atoms with Crippen molar-refractivity contribution < 1.29 is 14.7 Å². The van der Waals surface area contributed by atoms with E-state index < -0.39 is 5.97 Å². The highest BCUT2D eigenvalue weighted by Gasteiger charge is 2.44. The topological polar surface area (TPSA) is 57.6 Å². The average molecular weight is 197 g/mol. The second kappa shape index (κ2) is 3.26. The fourth-order valence-electron chi connectivity index (χ4n) is 2.03. The number of nitrogens with zero attached hydrogens (tertiary/aromatic N) is 1. The van der Waals surface area contributed by atoms with Crippen molar-refractivity contribution in [1.82, 2.24) is 4.90 Å². The van der Waals surface area contributed by atoms with Gasteiger partial charge in [-0.2, -0.15) is 0 Å². The number of aliphatic carboxylic acids is 1. The highest BCUT2D eigenvalue weighted by atomic mass is 16.4. The van der Waals surface area contributed by atoms with Gasteiger partial charge in [-0.25, -0.2) is 0 Å². The van der Waals surface area contributed by atoms with E-state index in [1.165, 1.54) is 0 Å². The summed E-state index contributed by atoms with van der Waals surface area (Å²) in [7, 11) is 0. The monoisotopic (exact) mass is 197 g/mol. The molecule has 14 heavy (non-hydrogen) atoms. The zero-order valence-corrected chi connectivity index (χ0v) is 8.27. The number of hydrogen-bond donors (Lipinski definition) is 1. The first-order chi connectivity index (χ1) is 6.58. The van der Waals surface area contributed by atoms with Gasteiger partial charge in [-0.1, -0.05) is 6.92 Å². The Kier molecular flexibility index (Phi) is 2.21. The minimum Gasteiger partial charge on any atom is -0.481 e. The fourth-order valence-corrected chi connectivity index (χ4v) is 2.03. The number of carbonyl (C=O) groups is 2. The molecule has 1 amide bonds. The van der Waals surface area contributed by atoms with E-state index >= 15 is 0 Å². The van der Waals surface area contributed by atoms with Crippen LogP contribution < -0.4 is 0 Å². The van der Waals surface area contributed by atoms with Crippen molar-refractivity contribution in [2.75, 3.05) is 13.1 Å². The molecule has 2 rings (SSSR count). The standard InChI is InChI=1S/C10H15NO3/c1-6-2-8(6)10(14)11-4-7(5-11)3-9(12)13/h6-8H,2-5H2,1H3,(H,12,13). The minimum atomic E-state index is -0.762. The van der Waals surface area contributed by atoms with Crippen LogP contribution in [0.15, 0.2) is 0 Å². The smallest absolute Gasteiger partial charge is 0.303 e. The molecule has 0 radical (unpaired) electrons. The Morgan fingerprint density at radius 3 is 2.43 bits per heavy atom. The predicted octanol–water partition coefficient (Wildman–Crippen LogP) is 0.575. The highest BCUT2D eigenvalue weighted by molar-refractivity contribution is 5.82. The van der Waals surface area contributed by atoms with Gasteiger partial charge in [0.05, 0.1) is 6.42 Å². The van der Waals surface area contributed by atoms with Crippen molar-refractivity contribution in [2.45, 2.75) is 19.8 Å². The van der Waals surface area contributed by atoms with Gasteiger partial charge < -0.3 is 10.0 Å². The number of carbonyl (C=O) groups excluding carboxylic acids is 1. The van der Waals surface area contributed by atoms with E-state index in [0.29, 0.717) is 19.0 Å². The van der Waals surface area contributed by atoms with Crippen molar-refractivity contribution in [3.8, 4) is 0 Å². The van der Waals surface area contributed by atoms with Gasteiger partial charge in [0.25, 0.3) is 0 Å². The summed E-state index contributed by atoms with van der Waals surface area (Å²) in [5.41, 5.74) is 0. The molecule has 1 aliphatic heterocycles. The Bertz CT molecular complexity index is 271. The second-order valence-electron chi connectivity index (χ2n) is 4.53. The van der Waals surface area contributed by atoms with Gasteiger partial charge in [-0.15, -0.1) is 0 Å². The van der Waals surface area contributed by atoms with Crippen LogP contribution in [0, 0.1) is 17.8 Å². The summed E-state index contributed by atoms with van der Waals surface area (Å²) in [6, 6.07) is 0. The Hall–Kier alpha value is -1.06. The molecule has 1 saturated carbocycles. The Balaban J connectivity index is 1.72. The molecule has 4 nitrogen and oxygen atoms in total. The molecule has 0 spiro atoms. The molecule has 2 atom stereocenters. The molecule has 1 aliphatic carbocycles. The Morgan fingerprint density at radius 2 is 2.00 bits per heavy atom. The Morgan fingerprint density at radius 1 is 1.43 bits per heavy atom. The van der Waals surface area contributed by atoms with Crippen molar-refractivity contribution in [3.63, 3.8) is 0 Å². The number of hydrogen-bond acceptors (Lipinski definition) is 2. The summed E-state index contributed by atoms with van der Waals surface area (Å²) in [5, 5.41) is 8.53. The minimum absolute atomic E-state index is 0.186. The molecule has 2 unspecified atom stereocenters. The Labute approximate surface area is 82.9 Å². The summed E-state index contributed by atoms with van der Waals surface area (Å²) in [5.74, 6) is 0.438. The lowest BCUT2D eigenvalue weighted by atomic mass is 9.96. The van der Waals surface area contributed by atoms with E-state index in [2.05, 4.69) is 6.92 Å². The lowest BCUT2D eigenvalue weighted by molar-refractivity contribution is -0.145. The summed E-state index contributed by atoms with van der Waals surface area (Å²) >= 11 is 0. The van der Waals surface area contributed by atoms with Gasteiger partial charge in [-0.3, -0.25) is 9.59 Å². The van der Waals surface area contributed by atoms with Crippen LogP contribution in [0.25, 0.3) is 0 Å². The van der Waals surface area contributed by atoms with Crippen LogP contribution in [0.4, 0.5) is 0 Å². The van der Waals surface area contributed by atoms with Crippen molar-refractivity contribution in [2.24, 2.45) is 17.8 Å². The normalized spacial score (nSPS) is 31.1. The molecule has 4 heteroatoms. The van der Waals surface area contributed by atoms with Crippen LogP contribution >= 0.6 is 0 Å². The van der Waals surface area contributed by atoms with Gasteiger partial charge in [0.15, 0.2) is 0 Å². The summed E-state index contributed by atoms with van der Waals surface area (Å²) < 4.78 is 0. The van der Waals surface area contributed by atoms with Crippen molar-refractivity contribution in [3.05, 3.63) is 0 Å². The number of likely N-dealkylation sites (tertiary alicyclic amines) is 1. The lowest BCUT2D eigenvalue weighted by Gasteiger charge is -2.38. The van der Waals surface area contributed by atoms with Crippen LogP contribution in [0.3, 0.4) is 0 Å². The summed E-state index contributed by atoms with van der Waals surface area (Å²) in [4.78, 5) is 23.8. The van der Waals surface area contributed by atoms with Crippen LogP contribution in [0.1, 0.15) is 19.8 Å². The summed E-state index contributed by atoms with van der Waals surface area (Å²) in [6.07, 6.45) is 1.21. The first-order valence-corrected chi connectivity index (χ1v) is 5.08. The van der Waals surface area contributed by atoms with Crippen LogP contribution in [-0.4, -0.2) is 35.0 Å². The van der Waals surface area contributed by atoms with Crippen molar-refractivity contribution >= 4 is 11.9 Å². The van der Waals surface area contributed by atoms with Crippen LogP contribution in [0.5, 0.6) is 0 Å². The number of carboxylic acid groups (broad SMARTS) is 1. The number of amides is 1. The van der Waals surface area contributed by atoms with Gasteiger partial charge in [0, 0.05) is 24.9 Å². The molecule has 2 fully saturated rings. The van der Waals surface area contributed by atoms with Gasteiger partial charge in [0.2, 0.25) is 5.91 Å². The van der Waals surface area contributed by atoms with E-state index in [1.807, 2.05) is 0 Å². The molecule has 78 valence electrons. The molecule has 1 heterocycles. The van der Waals surface area contributed by atoms with Gasteiger partial charge in [-0.05, 0) is 12.3 Å². The number of carboxylic acids is 1. The molecule has 2 aliphatic rings. The molecule has 0 aromatic heterocycles. The maximum absolute atomic E-state index is 11.6. The average Bonchev–Trinajstić information content (AvgIpc) is 2.72. The van der Waals surface area contributed by atoms with E-state index in [-0.39, 0.29) is 24.2 Å². The maximum Gasteiger partial charge on any atom is 0.303 e. The quantitative estimate of drug-likeness (QED) is 0.719. The lowest BCUT2D eigenvalue weighted by Crippen LogP contribution is -2.51. The first-order valence-electron chi connectivity index (χ1n) is 5.08. The molecule has 0 aromatic rings. The number of rotatable bonds is 3. The maximum atomic E-state index is 11.6. The van der Waals surface area contributed by atoms with Crippen LogP contribution in [0.2, 0.25) is 0 Å². The third-order valence-corrected chi connectivity index (χ3v) is 3.16. The van der Waals surface area contributed by atoms with E-state index in [9.17, 15) is 9.59 Å². The summed E-state index contributed by atoms with van der Waals surface area (Å²) in [6.45, 7) is 3.37. The van der Waals surface area contributed by atoms with Gasteiger partial charge in [0.1, 0.15) is 0 Å².